The fraction of sp³-hybridized carbons (Fsp3) is 0.0333. The summed E-state index contributed by atoms with van der Waals surface area (Å²) < 4.78 is 0. The molecule has 2 aliphatic rings. The predicted molar refractivity (Wildman–Crippen MR) is 249 cm³/mol. The van der Waals surface area contributed by atoms with Gasteiger partial charge in [0.05, 0.1) is 10.8 Å². The summed E-state index contributed by atoms with van der Waals surface area (Å²) in [5, 5.41) is 2.61. The number of rotatable bonds is 6. The Morgan fingerprint density at radius 2 is 0.633 bits per heavy atom. The molecule has 0 heteroatoms. The van der Waals surface area contributed by atoms with Gasteiger partial charge in [0.15, 0.2) is 0 Å². The molecule has 60 heavy (non-hydrogen) atoms. The first-order valence-corrected chi connectivity index (χ1v) is 21.0. The zero-order chi connectivity index (χ0) is 39.7. The van der Waals surface area contributed by atoms with Crippen LogP contribution in [0.1, 0.15) is 44.5 Å². The molecule has 10 aromatic rings. The lowest BCUT2D eigenvalue weighted by Gasteiger charge is -2.43. The summed E-state index contributed by atoms with van der Waals surface area (Å²) in [6, 6.07) is 90.7. The van der Waals surface area contributed by atoms with Crippen molar-refractivity contribution in [2.75, 3.05) is 0 Å². The van der Waals surface area contributed by atoms with Crippen LogP contribution in [-0.2, 0) is 10.8 Å². The van der Waals surface area contributed by atoms with Crippen molar-refractivity contribution >= 4 is 10.8 Å². The van der Waals surface area contributed by atoms with Crippen molar-refractivity contribution in [2.45, 2.75) is 10.8 Å². The van der Waals surface area contributed by atoms with Gasteiger partial charge in [0.1, 0.15) is 0 Å². The molecule has 0 amide bonds. The van der Waals surface area contributed by atoms with Crippen molar-refractivity contribution in [3.63, 3.8) is 0 Å². The lowest BCUT2D eigenvalue weighted by molar-refractivity contribution is 0.748. The zero-order valence-corrected chi connectivity index (χ0v) is 33.1. The molecule has 0 nitrogen and oxygen atoms in total. The highest BCUT2D eigenvalue weighted by molar-refractivity contribution is 6.14. The van der Waals surface area contributed by atoms with Crippen molar-refractivity contribution < 1.29 is 0 Å². The van der Waals surface area contributed by atoms with E-state index in [-0.39, 0.29) is 0 Å². The van der Waals surface area contributed by atoms with Crippen LogP contribution in [0.2, 0.25) is 0 Å². The second-order valence-corrected chi connectivity index (χ2v) is 16.3. The first kappa shape index (κ1) is 34.5. The van der Waals surface area contributed by atoms with Crippen molar-refractivity contribution in [3.05, 3.63) is 287 Å². The van der Waals surface area contributed by atoms with Gasteiger partial charge >= 0.3 is 0 Å². The summed E-state index contributed by atoms with van der Waals surface area (Å²) in [7, 11) is 0. The van der Waals surface area contributed by atoms with E-state index in [4.69, 9.17) is 0 Å². The van der Waals surface area contributed by atoms with E-state index in [1.165, 1.54) is 99.8 Å². The molecule has 280 valence electrons. The first-order chi connectivity index (χ1) is 29.8. The van der Waals surface area contributed by atoms with Crippen LogP contribution in [0.25, 0.3) is 55.3 Å². The van der Waals surface area contributed by atoms with Gasteiger partial charge in [-0.25, -0.2) is 0 Å². The van der Waals surface area contributed by atoms with Crippen LogP contribution < -0.4 is 0 Å². The van der Waals surface area contributed by atoms with Gasteiger partial charge in [-0.2, -0.15) is 0 Å². The summed E-state index contributed by atoms with van der Waals surface area (Å²) in [5.41, 5.74) is 19.2. The minimum atomic E-state index is -0.585. The quantitative estimate of drug-likeness (QED) is 0.158. The lowest BCUT2D eigenvalue weighted by Crippen LogP contribution is -2.34. The standard InChI is InChI=1S/C60H40/c1-7-20-41(21-8-1)43-34-36-49-52-40-56-57(51-32-19-33-53(58(51)52)59(54(49)38-43,45-24-11-3-12-25-45)46-26-13-4-14-27-46)50-37-35-44(42-22-9-2-10-23-42)39-55(50)60(56,47-28-15-5-16-29-47)48-30-17-6-18-31-48/h1-40H. The average Bonchev–Trinajstić information content (AvgIpc) is 3.63. The minimum absolute atomic E-state index is 0.573. The smallest absolute Gasteiger partial charge is 0.0622 e. The molecule has 0 radical (unpaired) electrons. The van der Waals surface area contributed by atoms with Gasteiger partial charge in [-0.1, -0.05) is 224 Å². The molecule has 0 spiro atoms. The maximum atomic E-state index is 2.59. The Morgan fingerprint density at radius 3 is 1.10 bits per heavy atom. The molecule has 0 heterocycles. The third-order valence-corrected chi connectivity index (χ3v) is 13.4. The molecule has 0 unspecified atom stereocenters. The Kier molecular flexibility index (Phi) is 7.77. The largest absolute Gasteiger partial charge is 0.0714 e. The van der Waals surface area contributed by atoms with Gasteiger partial charge in [0, 0.05) is 0 Å². The van der Waals surface area contributed by atoms with Crippen LogP contribution in [-0.4, -0.2) is 0 Å². The summed E-state index contributed by atoms with van der Waals surface area (Å²) in [4.78, 5) is 0. The van der Waals surface area contributed by atoms with Gasteiger partial charge in [-0.3, -0.25) is 0 Å². The monoisotopic (exact) mass is 760 g/mol. The van der Waals surface area contributed by atoms with E-state index in [0.29, 0.717) is 0 Å². The number of hydrogen-bond donors (Lipinski definition) is 0. The van der Waals surface area contributed by atoms with E-state index in [0.717, 1.165) is 0 Å². The fourth-order valence-electron chi connectivity index (χ4n) is 11.0. The van der Waals surface area contributed by atoms with Gasteiger partial charge in [-0.05, 0) is 118 Å². The van der Waals surface area contributed by atoms with Crippen molar-refractivity contribution in [1.29, 1.82) is 0 Å². The van der Waals surface area contributed by atoms with Crippen LogP contribution in [0.5, 0.6) is 0 Å². The van der Waals surface area contributed by atoms with E-state index in [2.05, 4.69) is 243 Å². The molecule has 0 bridgehead atoms. The highest BCUT2D eigenvalue weighted by Gasteiger charge is 2.50. The van der Waals surface area contributed by atoms with Gasteiger partial charge in [0.25, 0.3) is 0 Å². The molecular formula is C60H40. The maximum absolute atomic E-state index is 2.59. The van der Waals surface area contributed by atoms with E-state index < -0.39 is 10.8 Å². The van der Waals surface area contributed by atoms with Gasteiger partial charge < -0.3 is 0 Å². The Bertz CT molecular complexity index is 3130. The van der Waals surface area contributed by atoms with Gasteiger partial charge in [0.2, 0.25) is 0 Å². The second kappa shape index (κ2) is 13.5. The van der Waals surface area contributed by atoms with E-state index in [1.54, 1.807) is 0 Å². The predicted octanol–water partition coefficient (Wildman–Crippen LogP) is 14.9. The Labute approximate surface area is 351 Å². The molecule has 2 aliphatic carbocycles. The van der Waals surface area contributed by atoms with E-state index >= 15 is 0 Å². The van der Waals surface area contributed by atoms with Crippen LogP contribution >= 0.6 is 0 Å². The van der Waals surface area contributed by atoms with Crippen molar-refractivity contribution in [2.24, 2.45) is 0 Å². The highest BCUT2D eigenvalue weighted by Crippen LogP contribution is 2.63. The summed E-state index contributed by atoms with van der Waals surface area (Å²) in [6.45, 7) is 0. The highest BCUT2D eigenvalue weighted by atomic mass is 14.5. The van der Waals surface area contributed by atoms with Crippen LogP contribution in [0.15, 0.2) is 243 Å². The molecule has 12 rings (SSSR count). The molecule has 0 aliphatic heterocycles. The van der Waals surface area contributed by atoms with Crippen LogP contribution in [0.3, 0.4) is 0 Å². The summed E-state index contributed by atoms with van der Waals surface area (Å²) in [6.07, 6.45) is 0. The summed E-state index contributed by atoms with van der Waals surface area (Å²) >= 11 is 0. The second-order valence-electron chi connectivity index (χ2n) is 16.3. The van der Waals surface area contributed by atoms with Crippen LogP contribution in [0.4, 0.5) is 0 Å². The Morgan fingerprint density at radius 1 is 0.233 bits per heavy atom. The van der Waals surface area contributed by atoms with Crippen molar-refractivity contribution in [1.82, 2.24) is 0 Å². The molecule has 0 aromatic heterocycles. The Balaban J connectivity index is 1.28. The molecular weight excluding hydrogens is 721 g/mol. The summed E-state index contributed by atoms with van der Waals surface area (Å²) in [5.74, 6) is 0. The number of fused-ring (bicyclic) bond motifs is 6. The average molecular weight is 761 g/mol. The molecule has 0 saturated heterocycles. The number of benzene rings is 10. The molecule has 0 fully saturated rings. The third kappa shape index (κ3) is 4.79. The maximum Gasteiger partial charge on any atom is 0.0714 e. The number of hydrogen-bond acceptors (Lipinski definition) is 0. The molecule has 0 saturated carbocycles. The van der Waals surface area contributed by atoms with E-state index in [1.807, 2.05) is 0 Å². The molecule has 10 aromatic carbocycles. The van der Waals surface area contributed by atoms with Gasteiger partial charge in [-0.15, -0.1) is 0 Å². The topological polar surface area (TPSA) is 0 Å². The SMILES string of the molecule is c1ccc(-c2ccc3c(c2)C(c2ccccc2)(c2ccccc2)c2cc4c5c(cccc5c2-3)C(c2ccccc2)(c2ccccc2)c2cc(-c3ccccc3)ccc2-4)cc1. The Hall–Kier alpha value is -7.54. The van der Waals surface area contributed by atoms with E-state index in [9.17, 15) is 0 Å². The van der Waals surface area contributed by atoms with Crippen LogP contribution in [0, 0.1) is 0 Å². The minimum Gasteiger partial charge on any atom is -0.0622 e. The lowest BCUT2D eigenvalue weighted by atomic mass is 9.58. The molecule has 0 atom stereocenters. The fourth-order valence-corrected chi connectivity index (χ4v) is 11.0. The zero-order valence-electron chi connectivity index (χ0n) is 33.1. The first-order valence-electron chi connectivity index (χ1n) is 21.0. The normalized spacial score (nSPS) is 13.9. The third-order valence-electron chi connectivity index (χ3n) is 13.4. The molecule has 0 N–H and O–H groups in total. The van der Waals surface area contributed by atoms with Crippen molar-refractivity contribution in [3.8, 4) is 44.5 Å².